The number of nitrogens with zero attached hydrogens (tertiary/aromatic N) is 5. The van der Waals surface area contributed by atoms with Gasteiger partial charge in [0.05, 0.1) is 39.7 Å². The molecular weight excluding hydrogens is 484 g/mol. The molecule has 2 aromatic heterocycles. The summed E-state index contributed by atoms with van der Waals surface area (Å²) in [4.78, 5) is 18.2. The Labute approximate surface area is 222 Å². The average Bonchev–Trinajstić information content (AvgIpc) is 2.95. The van der Waals surface area contributed by atoms with Crippen molar-refractivity contribution in [3.63, 3.8) is 0 Å². The van der Waals surface area contributed by atoms with Gasteiger partial charge in [0, 0.05) is 67.5 Å². The first-order valence-corrected chi connectivity index (χ1v) is 12.9. The van der Waals surface area contributed by atoms with E-state index in [0.717, 1.165) is 55.1 Å². The molecule has 6 bridgehead atoms. The third kappa shape index (κ3) is 6.39. The number of nitrogens with one attached hydrogen (secondary N) is 1. The molecule has 3 aromatic rings. The molecule has 0 radical (unpaired) electrons. The number of piperazine rings is 1. The van der Waals surface area contributed by atoms with Crippen molar-refractivity contribution in [1.82, 2.24) is 19.9 Å². The average molecular weight is 519 g/mol. The molecule has 0 amide bonds. The number of rotatable bonds is 4. The maximum Gasteiger partial charge on any atom is 0.227 e. The fourth-order valence-electron chi connectivity index (χ4n) is 4.65. The van der Waals surface area contributed by atoms with Gasteiger partial charge in [-0.05, 0) is 30.7 Å². The molecule has 0 atom stereocenters. The number of benzene rings is 1. The molecule has 10 nitrogen and oxygen atoms in total. The van der Waals surface area contributed by atoms with E-state index in [1.54, 1.807) is 19.5 Å². The van der Waals surface area contributed by atoms with Crippen LogP contribution in [0.5, 0.6) is 11.6 Å². The maximum atomic E-state index is 9.27. The molecule has 0 unspecified atom stereocenters. The summed E-state index contributed by atoms with van der Waals surface area (Å²) < 4.78 is 17.4. The van der Waals surface area contributed by atoms with E-state index in [9.17, 15) is 5.11 Å². The maximum absolute atomic E-state index is 9.27. The van der Waals surface area contributed by atoms with Crippen molar-refractivity contribution in [3.8, 4) is 22.9 Å². The monoisotopic (exact) mass is 518 g/mol. The standard InChI is InChI=1S/C28H34N6O4/c1-36-25-19-30-28-31-23-5-6-24(34-11-9-33(10-12-34)13-14-35)22(17-23)20-37-15-3-2-4-16-38-26-18-21(7-8-29-26)27(25)32-28/h2-3,5-8,17-19,35H,4,9-16,20H2,1H3,(H,30,31,32)/b3-2+. The first-order chi connectivity index (χ1) is 18.7. The Balaban J connectivity index is 1.45. The number of hydrogen-bond acceptors (Lipinski definition) is 10. The van der Waals surface area contributed by atoms with Crippen LogP contribution in [0.15, 0.2) is 54.9 Å². The highest BCUT2D eigenvalue weighted by Crippen LogP contribution is 2.32. The van der Waals surface area contributed by atoms with Crippen LogP contribution < -0.4 is 19.7 Å². The Bertz CT molecular complexity index is 1250. The van der Waals surface area contributed by atoms with E-state index >= 15 is 0 Å². The van der Waals surface area contributed by atoms with Gasteiger partial charge >= 0.3 is 0 Å². The lowest BCUT2D eigenvalue weighted by atomic mass is 10.1. The number of pyridine rings is 1. The smallest absolute Gasteiger partial charge is 0.227 e. The molecule has 0 aliphatic carbocycles. The van der Waals surface area contributed by atoms with Crippen LogP contribution in [0.1, 0.15) is 12.0 Å². The van der Waals surface area contributed by atoms with Crippen molar-refractivity contribution in [2.45, 2.75) is 13.0 Å². The summed E-state index contributed by atoms with van der Waals surface area (Å²) in [6.45, 7) is 6.05. The van der Waals surface area contributed by atoms with Crippen molar-refractivity contribution >= 4 is 17.3 Å². The zero-order chi connectivity index (χ0) is 26.2. The summed E-state index contributed by atoms with van der Waals surface area (Å²) in [5, 5.41) is 12.6. The minimum Gasteiger partial charge on any atom is -0.493 e. The lowest BCUT2D eigenvalue weighted by Crippen LogP contribution is -2.47. The molecule has 2 aliphatic rings. The van der Waals surface area contributed by atoms with E-state index < -0.39 is 0 Å². The predicted molar refractivity (Wildman–Crippen MR) is 146 cm³/mol. The molecule has 2 aliphatic heterocycles. The van der Waals surface area contributed by atoms with E-state index in [-0.39, 0.29) is 6.61 Å². The van der Waals surface area contributed by atoms with E-state index in [2.05, 4.69) is 43.3 Å². The van der Waals surface area contributed by atoms with Gasteiger partial charge < -0.3 is 29.5 Å². The highest BCUT2D eigenvalue weighted by molar-refractivity contribution is 5.69. The van der Waals surface area contributed by atoms with E-state index in [0.29, 0.717) is 49.6 Å². The third-order valence-electron chi connectivity index (χ3n) is 6.62. The topological polar surface area (TPSA) is 105 Å². The van der Waals surface area contributed by atoms with Crippen LogP contribution in [0.2, 0.25) is 0 Å². The highest BCUT2D eigenvalue weighted by Gasteiger charge is 2.20. The van der Waals surface area contributed by atoms with Crippen LogP contribution in [0, 0.1) is 0 Å². The van der Waals surface area contributed by atoms with Gasteiger partial charge in [0.2, 0.25) is 11.8 Å². The summed E-state index contributed by atoms with van der Waals surface area (Å²) in [7, 11) is 1.60. The molecule has 0 saturated carbocycles. The van der Waals surface area contributed by atoms with Gasteiger partial charge in [-0.2, -0.15) is 0 Å². The van der Waals surface area contributed by atoms with Gasteiger partial charge in [-0.1, -0.05) is 12.2 Å². The van der Waals surface area contributed by atoms with Crippen LogP contribution in [-0.4, -0.2) is 84.6 Å². The quantitative estimate of drug-likeness (QED) is 0.500. The number of fused-ring (bicyclic) bond motifs is 7. The number of hydrogen-bond donors (Lipinski definition) is 2. The zero-order valence-corrected chi connectivity index (χ0v) is 21.7. The largest absolute Gasteiger partial charge is 0.493 e. The lowest BCUT2D eigenvalue weighted by Gasteiger charge is -2.36. The first kappa shape index (κ1) is 25.9. The van der Waals surface area contributed by atoms with Gasteiger partial charge in [-0.15, -0.1) is 0 Å². The Hall–Kier alpha value is -3.73. The number of ether oxygens (including phenoxy) is 3. The van der Waals surface area contributed by atoms with Crippen LogP contribution in [-0.2, 0) is 11.3 Å². The Morgan fingerprint density at radius 2 is 1.97 bits per heavy atom. The minimum absolute atomic E-state index is 0.191. The fraction of sp³-hybridized carbons (Fsp3) is 0.393. The normalized spacial score (nSPS) is 17.5. The highest BCUT2D eigenvalue weighted by atomic mass is 16.5. The number of aromatic nitrogens is 3. The molecular formula is C28H34N6O4. The molecule has 1 saturated heterocycles. The SMILES string of the molecule is COc1cnc2nc1-c1ccnc(c1)OCC/C=C/COCc1cc(ccc1N1CCN(CCO)CC1)N2. The summed E-state index contributed by atoms with van der Waals surface area (Å²) in [5.41, 5.74) is 4.61. The van der Waals surface area contributed by atoms with Gasteiger partial charge in [0.1, 0.15) is 5.69 Å². The summed E-state index contributed by atoms with van der Waals surface area (Å²) in [5.74, 6) is 1.55. The molecule has 38 heavy (non-hydrogen) atoms. The van der Waals surface area contributed by atoms with E-state index in [4.69, 9.17) is 19.2 Å². The van der Waals surface area contributed by atoms with Crippen molar-refractivity contribution < 1.29 is 19.3 Å². The Morgan fingerprint density at radius 3 is 2.82 bits per heavy atom. The fourth-order valence-corrected chi connectivity index (χ4v) is 4.65. The number of β-amino-alcohol motifs (C(OH)–C–C–N with tert-alkyl or cyclic N) is 1. The summed E-state index contributed by atoms with van der Waals surface area (Å²) in [6.07, 6.45) is 8.20. The second-order valence-corrected chi connectivity index (χ2v) is 9.14. The lowest BCUT2D eigenvalue weighted by molar-refractivity contribution is 0.148. The van der Waals surface area contributed by atoms with Crippen molar-refractivity contribution in [1.29, 1.82) is 0 Å². The van der Waals surface area contributed by atoms with E-state index in [1.165, 1.54) is 0 Å². The second-order valence-electron chi connectivity index (χ2n) is 9.14. The molecule has 10 heteroatoms. The molecule has 2 N–H and O–H groups in total. The number of methoxy groups -OCH3 is 1. The van der Waals surface area contributed by atoms with E-state index in [1.807, 2.05) is 24.3 Å². The van der Waals surface area contributed by atoms with Crippen LogP contribution in [0.4, 0.5) is 17.3 Å². The van der Waals surface area contributed by atoms with Gasteiger partial charge in [-0.25, -0.2) is 15.0 Å². The van der Waals surface area contributed by atoms with Crippen LogP contribution in [0.3, 0.4) is 0 Å². The Morgan fingerprint density at radius 1 is 1.08 bits per heavy atom. The van der Waals surface area contributed by atoms with Gasteiger partial charge in [-0.3, -0.25) is 4.90 Å². The van der Waals surface area contributed by atoms with Gasteiger partial charge in [0.25, 0.3) is 0 Å². The molecule has 5 rings (SSSR count). The van der Waals surface area contributed by atoms with Crippen molar-refractivity contribution in [3.05, 3.63) is 60.4 Å². The summed E-state index contributed by atoms with van der Waals surface area (Å²) >= 11 is 0. The van der Waals surface area contributed by atoms with Crippen molar-refractivity contribution in [2.24, 2.45) is 0 Å². The molecule has 4 heterocycles. The van der Waals surface area contributed by atoms with Gasteiger partial charge in [0.15, 0.2) is 5.75 Å². The number of aliphatic hydroxyl groups excluding tert-OH is 1. The molecule has 1 aromatic carbocycles. The molecule has 0 spiro atoms. The minimum atomic E-state index is 0.191. The predicted octanol–water partition coefficient (Wildman–Crippen LogP) is 3.26. The first-order valence-electron chi connectivity index (χ1n) is 12.9. The molecule has 200 valence electrons. The van der Waals surface area contributed by atoms with Crippen LogP contribution >= 0.6 is 0 Å². The van der Waals surface area contributed by atoms with Crippen molar-refractivity contribution in [2.75, 3.05) is 69.9 Å². The third-order valence-corrected chi connectivity index (χ3v) is 6.62. The van der Waals surface area contributed by atoms with Crippen LogP contribution in [0.25, 0.3) is 11.3 Å². The Kier molecular flexibility index (Phi) is 8.64. The number of anilines is 3. The molecule has 1 fully saturated rings. The second kappa shape index (κ2) is 12.7. The number of aliphatic hydroxyl groups is 1. The summed E-state index contributed by atoms with van der Waals surface area (Å²) in [6, 6.07) is 10.0. The zero-order valence-electron chi connectivity index (χ0n) is 21.7.